The minimum atomic E-state index is -0.904. The molecule has 0 saturated heterocycles. The monoisotopic (exact) mass is 406 g/mol. The number of carbonyl (C=O) groups excluding carboxylic acids is 2. The molecule has 0 unspecified atom stereocenters. The van der Waals surface area contributed by atoms with Crippen molar-refractivity contribution in [2.75, 3.05) is 0 Å². The molecule has 0 spiro atoms. The van der Waals surface area contributed by atoms with E-state index in [0.717, 1.165) is 10.4 Å². The largest absolute Gasteiger partial charge is 0.448 e. The van der Waals surface area contributed by atoms with Gasteiger partial charge in [-0.05, 0) is 30.5 Å². The Kier molecular flexibility index (Phi) is 6.03. The predicted molar refractivity (Wildman–Crippen MR) is 104 cm³/mol. The maximum absolute atomic E-state index is 12.2. The predicted octanol–water partition coefficient (Wildman–Crippen LogP) is 4.39. The van der Waals surface area contributed by atoms with Gasteiger partial charge < -0.3 is 10.1 Å². The van der Waals surface area contributed by atoms with Gasteiger partial charge in [-0.2, -0.15) is 0 Å². The molecule has 1 amide bonds. The van der Waals surface area contributed by atoms with Crippen molar-refractivity contribution in [2.24, 2.45) is 0 Å². The molecule has 3 aromatic rings. The van der Waals surface area contributed by atoms with Gasteiger partial charge in [0.05, 0.1) is 6.54 Å². The van der Waals surface area contributed by atoms with Crippen molar-refractivity contribution in [3.05, 3.63) is 62.8 Å². The van der Waals surface area contributed by atoms with Gasteiger partial charge in [0.25, 0.3) is 5.91 Å². The summed E-state index contributed by atoms with van der Waals surface area (Å²) in [5.74, 6) is -0.981. The zero-order valence-electron chi connectivity index (χ0n) is 13.8. The third-order valence-electron chi connectivity index (χ3n) is 3.45. The molecule has 3 rings (SSSR count). The van der Waals surface area contributed by atoms with Gasteiger partial charge in [-0.3, -0.25) is 4.79 Å². The average Bonchev–Trinajstić information content (AvgIpc) is 3.31. The molecule has 2 aromatic heterocycles. The van der Waals surface area contributed by atoms with E-state index in [2.05, 4.69) is 10.3 Å². The number of aromatic nitrogens is 1. The minimum Gasteiger partial charge on any atom is -0.448 e. The lowest BCUT2D eigenvalue weighted by atomic mass is 10.2. The summed E-state index contributed by atoms with van der Waals surface area (Å²) < 4.78 is 5.21. The van der Waals surface area contributed by atoms with Crippen molar-refractivity contribution in [3.63, 3.8) is 0 Å². The summed E-state index contributed by atoms with van der Waals surface area (Å²) in [6.07, 6.45) is -0.904. The number of nitrogens with one attached hydrogen (secondary N) is 1. The quantitative estimate of drug-likeness (QED) is 0.616. The van der Waals surface area contributed by atoms with Crippen LogP contribution < -0.4 is 5.32 Å². The highest BCUT2D eigenvalue weighted by molar-refractivity contribution is 7.13. The third kappa shape index (κ3) is 4.69. The fraction of sp³-hybridized carbons (Fsp3) is 0.167. The number of amides is 1. The first-order valence-electron chi connectivity index (χ1n) is 7.75. The van der Waals surface area contributed by atoms with Crippen LogP contribution in [0.5, 0.6) is 0 Å². The molecule has 1 aromatic carbocycles. The number of carbonyl (C=O) groups is 2. The van der Waals surface area contributed by atoms with E-state index in [1.165, 1.54) is 18.3 Å². The first kappa shape index (κ1) is 18.6. The number of esters is 1. The molecular formula is C18H15ClN2O3S2. The maximum atomic E-state index is 12.2. The van der Waals surface area contributed by atoms with Gasteiger partial charge in [-0.15, -0.1) is 22.7 Å². The fourth-order valence-corrected chi connectivity index (χ4v) is 3.75. The molecule has 0 fully saturated rings. The second-order valence-electron chi connectivity index (χ2n) is 5.39. The lowest BCUT2D eigenvalue weighted by Crippen LogP contribution is -2.35. The Hall–Kier alpha value is -2.22. The van der Waals surface area contributed by atoms with Crippen LogP contribution in [0.4, 0.5) is 0 Å². The van der Waals surface area contributed by atoms with Gasteiger partial charge >= 0.3 is 5.97 Å². The van der Waals surface area contributed by atoms with Gasteiger partial charge in [0.1, 0.15) is 5.01 Å². The second kappa shape index (κ2) is 8.44. The summed E-state index contributed by atoms with van der Waals surface area (Å²) in [7, 11) is 0. The zero-order valence-corrected chi connectivity index (χ0v) is 16.2. The number of nitrogens with zero attached hydrogens (tertiary/aromatic N) is 1. The van der Waals surface area contributed by atoms with Crippen LogP contribution in [0.25, 0.3) is 10.6 Å². The summed E-state index contributed by atoms with van der Waals surface area (Å²) in [5.41, 5.74) is 0.992. The van der Waals surface area contributed by atoms with Gasteiger partial charge in [0.15, 0.2) is 11.8 Å². The normalized spacial score (nSPS) is 11.8. The number of hydrogen-bond acceptors (Lipinski definition) is 6. The Bertz CT molecular complexity index is 909. The maximum Gasteiger partial charge on any atom is 0.358 e. The summed E-state index contributed by atoms with van der Waals surface area (Å²) in [5, 5.41) is 7.54. The van der Waals surface area contributed by atoms with Gasteiger partial charge in [-0.25, -0.2) is 9.78 Å². The molecule has 1 N–H and O–H groups in total. The minimum absolute atomic E-state index is 0.169. The molecule has 26 heavy (non-hydrogen) atoms. The molecule has 0 aliphatic carbocycles. The lowest BCUT2D eigenvalue weighted by molar-refractivity contribution is -0.129. The Morgan fingerprint density at radius 1 is 1.27 bits per heavy atom. The zero-order chi connectivity index (χ0) is 18.5. The van der Waals surface area contributed by atoms with Gasteiger partial charge in [0.2, 0.25) is 0 Å². The number of thiophene rings is 1. The average molecular weight is 407 g/mol. The smallest absolute Gasteiger partial charge is 0.358 e. The van der Waals surface area contributed by atoms with Crippen molar-refractivity contribution in [3.8, 4) is 10.6 Å². The molecule has 0 aliphatic rings. The lowest BCUT2D eigenvalue weighted by Gasteiger charge is -2.12. The number of hydrogen-bond donors (Lipinski definition) is 1. The summed E-state index contributed by atoms with van der Waals surface area (Å²) in [4.78, 5) is 29.6. The topological polar surface area (TPSA) is 68.3 Å². The van der Waals surface area contributed by atoms with E-state index in [0.29, 0.717) is 16.6 Å². The molecule has 2 heterocycles. The summed E-state index contributed by atoms with van der Waals surface area (Å²) in [6.45, 7) is 1.94. The molecule has 0 saturated carbocycles. The number of benzene rings is 1. The van der Waals surface area contributed by atoms with Crippen LogP contribution in [0.2, 0.25) is 5.02 Å². The van der Waals surface area contributed by atoms with Crippen LogP contribution in [0, 0.1) is 0 Å². The molecule has 8 heteroatoms. The Morgan fingerprint density at radius 3 is 2.85 bits per heavy atom. The number of thiazole rings is 1. The van der Waals surface area contributed by atoms with E-state index < -0.39 is 12.1 Å². The highest BCUT2D eigenvalue weighted by Crippen LogP contribution is 2.26. The summed E-state index contributed by atoms with van der Waals surface area (Å²) >= 11 is 8.84. The van der Waals surface area contributed by atoms with Crippen molar-refractivity contribution >= 4 is 46.2 Å². The van der Waals surface area contributed by atoms with E-state index in [1.807, 2.05) is 29.6 Å². The molecular weight excluding hydrogens is 392 g/mol. The van der Waals surface area contributed by atoms with Crippen LogP contribution in [0.15, 0.2) is 47.2 Å². The highest BCUT2D eigenvalue weighted by atomic mass is 35.5. The van der Waals surface area contributed by atoms with Gasteiger partial charge in [0, 0.05) is 20.8 Å². The van der Waals surface area contributed by atoms with Crippen molar-refractivity contribution < 1.29 is 14.3 Å². The van der Waals surface area contributed by atoms with Crippen LogP contribution >= 0.6 is 34.3 Å². The second-order valence-corrected chi connectivity index (χ2v) is 7.72. The Balaban J connectivity index is 1.58. The fourth-order valence-electron chi connectivity index (χ4n) is 2.13. The van der Waals surface area contributed by atoms with Crippen LogP contribution in [-0.4, -0.2) is 23.0 Å². The first-order chi connectivity index (χ1) is 12.5. The van der Waals surface area contributed by atoms with E-state index in [1.54, 1.807) is 28.8 Å². The Morgan fingerprint density at radius 2 is 2.12 bits per heavy atom. The van der Waals surface area contributed by atoms with Crippen molar-refractivity contribution in [2.45, 2.75) is 19.6 Å². The van der Waals surface area contributed by atoms with E-state index in [-0.39, 0.29) is 11.6 Å². The van der Waals surface area contributed by atoms with E-state index in [9.17, 15) is 9.59 Å². The van der Waals surface area contributed by atoms with Crippen LogP contribution in [-0.2, 0) is 16.1 Å². The first-order valence-corrected chi connectivity index (χ1v) is 9.89. The SMILES string of the molecule is C[C@H](OC(=O)c1csc(-c2cccc(Cl)c2)n1)C(=O)NCc1cccs1. The summed E-state index contributed by atoms with van der Waals surface area (Å²) in [6, 6.07) is 11.1. The van der Waals surface area contributed by atoms with Crippen molar-refractivity contribution in [1.29, 1.82) is 0 Å². The van der Waals surface area contributed by atoms with Gasteiger partial charge in [-0.1, -0.05) is 29.8 Å². The Labute approximate surface area is 163 Å². The van der Waals surface area contributed by atoms with Crippen molar-refractivity contribution in [1.82, 2.24) is 10.3 Å². The molecule has 1 atom stereocenters. The van der Waals surface area contributed by atoms with Crippen LogP contribution in [0.1, 0.15) is 22.3 Å². The number of ether oxygens (including phenoxy) is 1. The molecule has 5 nitrogen and oxygen atoms in total. The molecule has 0 bridgehead atoms. The third-order valence-corrected chi connectivity index (χ3v) is 5.46. The molecule has 134 valence electrons. The molecule has 0 aliphatic heterocycles. The molecule has 0 radical (unpaired) electrons. The van der Waals surface area contributed by atoms with E-state index >= 15 is 0 Å². The van der Waals surface area contributed by atoms with Crippen LogP contribution in [0.3, 0.4) is 0 Å². The highest BCUT2D eigenvalue weighted by Gasteiger charge is 2.21. The van der Waals surface area contributed by atoms with E-state index in [4.69, 9.17) is 16.3 Å². The number of halogens is 1. The number of rotatable bonds is 6. The standard InChI is InChI=1S/C18H15ClN2O3S2/c1-11(16(22)20-9-14-6-3-7-25-14)24-18(23)15-10-26-17(21-15)12-4-2-5-13(19)8-12/h2-8,10-11H,9H2,1H3,(H,20,22)/t11-/m0/s1.